The van der Waals surface area contributed by atoms with Crippen LogP contribution in [0.15, 0.2) is 47.8 Å². The number of carbonyl (C=O) groups is 1. The summed E-state index contributed by atoms with van der Waals surface area (Å²) in [6.45, 7) is 6.79. The number of oxime groups is 1. The Hall–Kier alpha value is -2.89. The third kappa shape index (κ3) is 7.56. The molecule has 1 aromatic heterocycles. The Balaban J connectivity index is 1.87. The van der Waals surface area contributed by atoms with Crippen LogP contribution in [-0.2, 0) is 28.9 Å². The molecule has 1 heterocycles. The normalized spacial score (nSPS) is 12.4. The monoisotopic (exact) mass is 398 g/mol. The number of benzene rings is 1. The van der Waals surface area contributed by atoms with Crippen LogP contribution in [0.3, 0.4) is 0 Å². The van der Waals surface area contributed by atoms with Crippen LogP contribution in [0.1, 0.15) is 44.0 Å². The predicted octanol–water partition coefficient (Wildman–Crippen LogP) is 4.31. The fourth-order valence-corrected chi connectivity index (χ4v) is 2.76. The molecule has 0 aliphatic heterocycles. The Morgan fingerprint density at radius 2 is 1.83 bits per heavy atom. The average Bonchev–Trinajstić information content (AvgIpc) is 2.73. The zero-order chi connectivity index (χ0) is 21.1. The standard InChI is InChI=1S/C23H30N2O4/c1-4-13-29-25-17(3)22(23(26)27)15-19-7-10-21(11-8-19)28-14-12-20-9-6-18(5-2)16-24-20/h6-11,16,22H,4-5,12-15H2,1-3H3,(H,26,27)/b25-17+. The first-order valence-electron chi connectivity index (χ1n) is 10.1. The van der Waals surface area contributed by atoms with Crippen LogP contribution in [-0.4, -0.2) is 35.0 Å². The topological polar surface area (TPSA) is 81.0 Å². The molecule has 1 aromatic carbocycles. The van der Waals surface area contributed by atoms with E-state index in [1.165, 1.54) is 5.56 Å². The van der Waals surface area contributed by atoms with Crippen LogP contribution in [0.5, 0.6) is 5.75 Å². The van der Waals surface area contributed by atoms with E-state index in [-0.39, 0.29) is 0 Å². The van der Waals surface area contributed by atoms with Gasteiger partial charge in [-0.1, -0.05) is 37.2 Å². The summed E-state index contributed by atoms with van der Waals surface area (Å²) in [7, 11) is 0. The van der Waals surface area contributed by atoms with Gasteiger partial charge in [0.1, 0.15) is 18.3 Å². The second-order valence-electron chi connectivity index (χ2n) is 6.91. The number of rotatable bonds is 12. The van der Waals surface area contributed by atoms with Gasteiger partial charge in [0.25, 0.3) is 0 Å². The zero-order valence-electron chi connectivity index (χ0n) is 17.4. The number of ether oxygens (including phenoxy) is 1. The van der Waals surface area contributed by atoms with E-state index in [1.54, 1.807) is 6.92 Å². The highest BCUT2D eigenvalue weighted by Crippen LogP contribution is 2.17. The minimum Gasteiger partial charge on any atom is -0.493 e. The molecule has 1 atom stereocenters. The SMILES string of the molecule is CCCO/N=C(\C)C(Cc1ccc(OCCc2ccc(CC)cn2)cc1)C(=O)O. The first-order valence-corrected chi connectivity index (χ1v) is 10.1. The van der Waals surface area contributed by atoms with Gasteiger partial charge in [0.2, 0.25) is 0 Å². The Kier molecular flexibility index (Phi) is 9.15. The smallest absolute Gasteiger partial charge is 0.312 e. The Labute approximate surface area is 172 Å². The number of carboxylic acids is 1. The van der Waals surface area contributed by atoms with Crippen molar-refractivity contribution in [2.75, 3.05) is 13.2 Å². The lowest BCUT2D eigenvalue weighted by Crippen LogP contribution is -2.24. The van der Waals surface area contributed by atoms with E-state index < -0.39 is 11.9 Å². The molecule has 2 rings (SSSR count). The van der Waals surface area contributed by atoms with Gasteiger partial charge in [-0.25, -0.2) is 0 Å². The summed E-state index contributed by atoms with van der Waals surface area (Å²) in [5, 5.41) is 13.4. The summed E-state index contributed by atoms with van der Waals surface area (Å²) in [6, 6.07) is 11.6. The highest BCUT2D eigenvalue weighted by Gasteiger charge is 2.22. The van der Waals surface area contributed by atoms with E-state index in [1.807, 2.05) is 43.5 Å². The molecule has 2 aromatic rings. The van der Waals surface area contributed by atoms with E-state index >= 15 is 0 Å². The Morgan fingerprint density at radius 3 is 2.41 bits per heavy atom. The largest absolute Gasteiger partial charge is 0.493 e. The minimum atomic E-state index is -0.909. The van der Waals surface area contributed by atoms with Crippen molar-refractivity contribution >= 4 is 11.7 Å². The molecule has 6 nitrogen and oxygen atoms in total. The fourth-order valence-electron chi connectivity index (χ4n) is 2.76. The number of aliphatic carboxylic acids is 1. The highest BCUT2D eigenvalue weighted by molar-refractivity contribution is 6.00. The molecule has 0 spiro atoms. The molecule has 0 fully saturated rings. The quantitative estimate of drug-likeness (QED) is 0.327. The van der Waals surface area contributed by atoms with E-state index in [0.717, 1.165) is 36.3 Å². The lowest BCUT2D eigenvalue weighted by atomic mass is 9.95. The lowest BCUT2D eigenvalue weighted by Gasteiger charge is -2.13. The van der Waals surface area contributed by atoms with E-state index in [2.05, 4.69) is 23.1 Å². The number of hydrogen-bond donors (Lipinski definition) is 1. The lowest BCUT2D eigenvalue weighted by molar-refractivity contribution is -0.139. The van der Waals surface area contributed by atoms with Crippen molar-refractivity contribution in [3.05, 3.63) is 59.4 Å². The molecule has 0 radical (unpaired) electrons. The molecule has 1 N–H and O–H groups in total. The van der Waals surface area contributed by atoms with Crippen LogP contribution in [0.25, 0.3) is 0 Å². The van der Waals surface area contributed by atoms with Crippen molar-refractivity contribution in [2.45, 2.75) is 46.5 Å². The molecule has 156 valence electrons. The predicted molar refractivity (Wildman–Crippen MR) is 113 cm³/mol. The zero-order valence-corrected chi connectivity index (χ0v) is 17.4. The second kappa shape index (κ2) is 11.8. The molecule has 0 aliphatic rings. The van der Waals surface area contributed by atoms with Gasteiger partial charge < -0.3 is 14.7 Å². The summed E-state index contributed by atoms with van der Waals surface area (Å²) in [5.41, 5.74) is 3.60. The number of aryl methyl sites for hydroxylation is 1. The first kappa shape index (κ1) is 22.4. The van der Waals surface area contributed by atoms with Gasteiger partial charge >= 0.3 is 5.97 Å². The van der Waals surface area contributed by atoms with Crippen LogP contribution in [0.2, 0.25) is 0 Å². The van der Waals surface area contributed by atoms with Crippen molar-refractivity contribution in [1.82, 2.24) is 4.98 Å². The van der Waals surface area contributed by atoms with Crippen LogP contribution in [0.4, 0.5) is 0 Å². The Morgan fingerprint density at radius 1 is 1.10 bits per heavy atom. The van der Waals surface area contributed by atoms with Crippen molar-refractivity contribution in [3.63, 3.8) is 0 Å². The molecule has 29 heavy (non-hydrogen) atoms. The van der Waals surface area contributed by atoms with Crippen LogP contribution < -0.4 is 4.74 Å². The first-order chi connectivity index (χ1) is 14.0. The van der Waals surface area contributed by atoms with E-state index in [0.29, 0.717) is 25.3 Å². The summed E-state index contributed by atoms with van der Waals surface area (Å²) >= 11 is 0. The maximum atomic E-state index is 11.6. The molecule has 0 saturated carbocycles. The van der Waals surface area contributed by atoms with Gasteiger partial charge in [0.15, 0.2) is 0 Å². The molecule has 0 bridgehead atoms. The Bertz CT molecular complexity index is 786. The van der Waals surface area contributed by atoms with E-state index in [9.17, 15) is 9.90 Å². The molecule has 0 amide bonds. The third-order valence-electron chi connectivity index (χ3n) is 4.59. The number of nitrogens with zero attached hydrogens (tertiary/aromatic N) is 2. The van der Waals surface area contributed by atoms with Gasteiger partial charge in [-0.3, -0.25) is 9.78 Å². The summed E-state index contributed by atoms with van der Waals surface area (Å²) in [6.07, 6.45) is 4.81. The maximum Gasteiger partial charge on any atom is 0.312 e. The van der Waals surface area contributed by atoms with Gasteiger partial charge in [-0.05, 0) is 55.5 Å². The highest BCUT2D eigenvalue weighted by atomic mass is 16.6. The maximum absolute atomic E-state index is 11.6. The second-order valence-corrected chi connectivity index (χ2v) is 6.91. The van der Waals surface area contributed by atoms with Gasteiger partial charge in [0.05, 0.1) is 12.3 Å². The molecular weight excluding hydrogens is 368 g/mol. The van der Waals surface area contributed by atoms with Gasteiger partial charge in [-0.15, -0.1) is 0 Å². The fraction of sp³-hybridized carbons (Fsp3) is 0.435. The minimum absolute atomic E-state index is 0.355. The number of hydrogen-bond acceptors (Lipinski definition) is 5. The van der Waals surface area contributed by atoms with Crippen LogP contribution in [0, 0.1) is 5.92 Å². The summed E-state index contributed by atoms with van der Waals surface area (Å²) in [5.74, 6) is -0.869. The molecule has 6 heteroatoms. The molecular formula is C23H30N2O4. The third-order valence-corrected chi connectivity index (χ3v) is 4.59. The van der Waals surface area contributed by atoms with Crippen molar-refractivity contribution < 1.29 is 19.5 Å². The molecule has 0 saturated heterocycles. The van der Waals surface area contributed by atoms with Crippen molar-refractivity contribution in [3.8, 4) is 5.75 Å². The molecule has 0 aliphatic carbocycles. The average molecular weight is 399 g/mol. The number of aromatic nitrogens is 1. The van der Waals surface area contributed by atoms with Gasteiger partial charge in [0, 0.05) is 18.3 Å². The number of pyridine rings is 1. The van der Waals surface area contributed by atoms with Crippen LogP contribution >= 0.6 is 0 Å². The van der Waals surface area contributed by atoms with Gasteiger partial charge in [-0.2, -0.15) is 0 Å². The summed E-state index contributed by atoms with van der Waals surface area (Å²) < 4.78 is 5.79. The molecule has 1 unspecified atom stereocenters. The number of carboxylic acid groups (broad SMARTS) is 1. The van der Waals surface area contributed by atoms with E-state index in [4.69, 9.17) is 9.57 Å². The van der Waals surface area contributed by atoms with Crippen molar-refractivity contribution in [1.29, 1.82) is 0 Å². The van der Waals surface area contributed by atoms with Crippen molar-refractivity contribution in [2.24, 2.45) is 11.1 Å². The summed E-state index contributed by atoms with van der Waals surface area (Å²) in [4.78, 5) is 21.2.